The van der Waals surface area contributed by atoms with Crippen molar-refractivity contribution in [2.24, 2.45) is 11.8 Å². The van der Waals surface area contributed by atoms with Gasteiger partial charge in [0.2, 0.25) is 11.8 Å². The minimum absolute atomic E-state index is 0.0280. The lowest BCUT2D eigenvalue weighted by molar-refractivity contribution is -0.198. The number of aromatic nitrogens is 2. The second kappa shape index (κ2) is 6.13. The van der Waals surface area contributed by atoms with Crippen LogP contribution >= 0.6 is 0 Å². The zero-order valence-corrected chi connectivity index (χ0v) is 12.8. The third-order valence-electron chi connectivity index (χ3n) is 5.02. The summed E-state index contributed by atoms with van der Waals surface area (Å²) in [7, 11) is 1.38. The highest BCUT2D eigenvalue weighted by Crippen LogP contribution is 2.49. The predicted molar refractivity (Wildman–Crippen MR) is 72.5 cm³/mol. The summed E-state index contributed by atoms with van der Waals surface area (Å²) in [5, 5.41) is 7.93. The molecule has 0 aromatic carbocycles. The number of hydrogen-bond donors (Lipinski definition) is 0. The van der Waals surface area contributed by atoms with Gasteiger partial charge in [-0.05, 0) is 38.5 Å². The molecule has 0 radical (unpaired) electrons. The molecule has 1 heterocycles. The Labute approximate surface area is 131 Å². The molecule has 0 aliphatic heterocycles. The maximum atomic E-state index is 12.5. The number of halogens is 3. The van der Waals surface area contributed by atoms with E-state index in [0.717, 1.165) is 12.8 Å². The van der Waals surface area contributed by atoms with Gasteiger partial charge in [0.25, 0.3) is 0 Å². The van der Waals surface area contributed by atoms with Crippen molar-refractivity contribution in [3.8, 4) is 0 Å². The topological polar surface area (TPSA) is 65.2 Å². The lowest BCUT2D eigenvalue weighted by Crippen LogP contribution is -2.34. The van der Waals surface area contributed by atoms with Crippen LogP contribution in [0.2, 0.25) is 0 Å². The van der Waals surface area contributed by atoms with E-state index in [1.54, 1.807) is 0 Å². The Morgan fingerprint density at radius 3 is 2.17 bits per heavy atom. The van der Waals surface area contributed by atoms with Crippen molar-refractivity contribution in [1.82, 2.24) is 10.2 Å². The van der Waals surface area contributed by atoms with Crippen molar-refractivity contribution in [2.45, 2.75) is 56.5 Å². The zero-order valence-electron chi connectivity index (χ0n) is 12.8. The van der Waals surface area contributed by atoms with Crippen molar-refractivity contribution in [1.29, 1.82) is 0 Å². The number of carbonyl (C=O) groups excluding carboxylic acids is 1. The smallest absolute Gasteiger partial charge is 0.391 e. The van der Waals surface area contributed by atoms with E-state index in [0.29, 0.717) is 24.6 Å². The van der Waals surface area contributed by atoms with Gasteiger partial charge in [-0.2, -0.15) is 13.2 Å². The van der Waals surface area contributed by atoms with Crippen LogP contribution in [-0.4, -0.2) is 29.5 Å². The molecule has 1 aromatic rings. The Kier molecular flexibility index (Phi) is 4.33. The Balaban J connectivity index is 1.54. The van der Waals surface area contributed by atoms with E-state index in [4.69, 9.17) is 9.15 Å². The Morgan fingerprint density at radius 2 is 1.65 bits per heavy atom. The molecule has 2 aliphatic rings. The van der Waals surface area contributed by atoms with E-state index < -0.39 is 12.1 Å². The van der Waals surface area contributed by atoms with E-state index in [1.165, 1.54) is 7.11 Å². The van der Waals surface area contributed by atoms with E-state index in [9.17, 15) is 18.0 Å². The predicted octanol–water partition coefficient (Wildman–Crippen LogP) is 3.57. The highest BCUT2D eigenvalue weighted by atomic mass is 19.4. The molecule has 0 amide bonds. The first-order valence-electron chi connectivity index (χ1n) is 7.86. The summed E-state index contributed by atoms with van der Waals surface area (Å²) in [6, 6.07) is 0. The third kappa shape index (κ3) is 3.35. The zero-order chi connectivity index (χ0) is 16.6. The quantitative estimate of drug-likeness (QED) is 0.792. The summed E-state index contributed by atoms with van der Waals surface area (Å²) in [4.78, 5) is 11.5. The number of nitrogens with zero attached hydrogens (tertiary/aromatic N) is 2. The monoisotopic (exact) mass is 332 g/mol. The number of methoxy groups -OCH3 is 1. The van der Waals surface area contributed by atoms with Crippen LogP contribution in [0.15, 0.2) is 4.42 Å². The Hall–Kier alpha value is -1.60. The molecular weight excluding hydrogens is 313 g/mol. The molecule has 0 N–H and O–H groups in total. The first-order chi connectivity index (χ1) is 10.9. The average molecular weight is 332 g/mol. The standard InChI is InChI=1S/C15H19F3N2O3/c1-22-14(21)9-4-2-8(3-5-9)12-19-20-13(23-12)10-6-11(7-10)15(16,17)18/h8-11H,2-7H2,1H3. The largest absolute Gasteiger partial charge is 0.469 e. The van der Waals surface area contributed by atoms with Crippen LogP contribution in [-0.2, 0) is 9.53 Å². The summed E-state index contributed by atoms with van der Waals surface area (Å²) in [6.45, 7) is 0. The number of rotatable bonds is 3. The van der Waals surface area contributed by atoms with Gasteiger partial charge in [0.05, 0.1) is 18.9 Å². The lowest BCUT2D eigenvalue weighted by Gasteiger charge is -2.34. The summed E-state index contributed by atoms with van der Waals surface area (Å²) < 4.78 is 47.9. The molecule has 2 fully saturated rings. The molecule has 23 heavy (non-hydrogen) atoms. The van der Waals surface area contributed by atoms with Crippen LogP contribution in [0.1, 0.15) is 62.1 Å². The van der Waals surface area contributed by atoms with Gasteiger partial charge in [0.15, 0.2) is 0 Å². The summed E-state index contributed by atoms with van der Waals surface area (Å²) in [6.07, 6.45) is -1.18. The highest BCUT2D eigenvalue weighted by Gasteiger charge is 2.49. The molecule has 0 bridgehead atoms. The van der Waals surface area contributed by atoms with Crippen LogP contribution in [0.5, 0.6) is 0 Å². The maximum Gasteiger partial charge on any atom is 0.391 e. The number of alkyl halides is 3. The minimum Gasteiger partial charge on any atom is -0.469 e. The third-order valence-corrected chi connectivity index (χ3v) is 5.02. The van der Waals surface area contributed by atoms with Gasteiger partial charge >= 0.3 is 12.1 Å². The second-order valence-electron chi connectivity index (χ2n) is 6.46. The molecule has 5 nitrogen and oxygen atoms in total. The first kappa shape index (κ1) is 16.3. The fourth-order valence-corrected chi connectivity index (χ4v) is 3.41. The molecule has 128 valence electrons. The Bertz CT molecular complexity index is 559. The molecule has 0 spiro atoms. The van der Waals surface area contributed by atoms with Gasteiger partial charge in [0, 0.05) is 11.8 Å². The molecule has 1 aromatic heterocycles. The molecule has 2 aliphatic carbocycles. The molecule has 3 rings (SSSR count). The lowest BCUT2D eigenvalue weighted by atomic mass is 9.74. The summed E-state index contributed by atoms with van der Waals surface area (Å²) >= 11 is 0. The van der Waals surface area contributed by atoms with E-state index in [-0.39, 0.29) is 36.6 Å². The van der Waals surface area contributed by atoms with Gasteiger partial charge in [-0.25, -0.2) is 0 Å². The van der Waals surface area contributed by atoms with Gasteiger partial charge < -0.3 is 9.15 Å². The molecule has 0 atom stereocenters. The van der Waals surface area contributed by atoms with E-state index in [2.05, 4.69) is 10.2 Å². The molecule has 0 unspecified atom stereocenters. The van der Waals surface area contributed by atoms with Crippen molar-refractivity contribution < 1.29 is 27.1 Å². The van der Waals surface area contributed by atoms with Crippen molar-refractivity contribution in [3.63, 3.8) is 0 Å². The number of hydrogen-bond acceptors (Lipinski definition) is 5. The van der Waals surface area contributed by atoms with Crippen LogP contribution in [0.3, 0.4) is 0 Å². The summed E-state index contributed by atoms with van der Waals surface area (Å²) in [5.74, 6) is -0.933. The van der Waals surface area contributed by atoms with Crippen molar-refractivity contribution in [3.05, 3.63) is 11.8 Å². The minimum atomic E-state index is -4.13. The average Bonchev–Trinajstić information content (AvgIpc) is 2.93. The van der Waals surface area contributed by atoms with Gasteiger partial charge in [-0.3, -0.25) is 4.79 Å². The van der Waals surface area contributed by atoms with Gasteiger partial charge in [-0.1, -0.05) is 0 Å². The van der Waals surface area contributed by atoms with Crippen molar-refractivity contribution in [2.75, 3.05) is 7.11 Å². The molecule has 0 saturated heterocycles. The fraction of sp³-hybridized carbons (Fsp3) is 0.800. The van der Waals surface area contributed by atoms with Crippen LogP contribution < -0.4 is 0 Å². The van der Waals surface area contributed by atoms with Crippen molar-refractivity contribution >= 4 is 5.97 Å². The second-order valence-corrected chi connectivity index (χ2v) is 6.46. The van der Waals surface area contributed by atoms with Crippen LogP contribution in [0.4, 0.5) is 13.2 Å². The normalized spacial score (nSPS) is 31.5. The number of carbonyl (C=O) groups is 1. The van der Waals surface area contributed by atoms with E-state index in [1.807, 2.05) is 0 Å². The van der Waals surface area contributed by atoms with Gasteiger partial charge in [-0.15, -0.1) is 10.2 Å². The number of ether oxygens (including phenoxy) is 1. The molecule has 8 heteroatoms. The van der Waals surface area contributed by atoms with Gasteiger partial charge in [0.1, 0.15) is 0 Å². The Morgan fingerprint density at radius 1 is 1.09 bits per heavy atom. The fourth-order valence-electron chi connectivity index (χ4n) is 3.41. The van der Waals surface area contributed by atoms with E-state index >= 15 is 0 Å². The van der Waals surface area contributed by atoms with Crippen LogP contribution in [0, 0.1) is 11.8 Å². The number of esters is 1. The maximum absolute atomic E-state index is 12.5. The highest BCUT2D eigenvalue weighted by molar-refractivity contribution is 5.72. The SMILES string of the molecule is COC(=O)C1CCC(c2nnc(C3CC(C(F)(F)F)C3)o2)CC1. The first-order valence-corrected chi connectivity index (χ1v) is 7.86. The van der Waals surface area contributed by atoms with Crippen LogP contribution in [0.25, 0.3) is 0 Å². The molecule has 2 saturated carbocycles. The molecular formula is C15H19F3N2O3. The summed E-state index contributed by atoms with van der Waals surface area (Å²) in [5.41, 5.74) is 0.